The summed E-state index contributed by atoms with van der Waals surface area (Å²) in [5.41, 5.74) is 4.22. The topological polar surface area (TPSA) is 38.0 Å². The van der Waals surface area contributed by atoms with Crippen LogP contribution in [0.4, 0.5) is 13.2 Å². The van der Waals surface area contributed by atoms with E-state index in [-0.39, 0.29) is 0 Å². The summed E-state index contributed by atoms with van der Waals surface area (Å²) in [6.07, 6.45) is -4.36. The molecule has 2 nitrogen and oxygen atoms in total. The molecular formula is C15H15F3N2. The Morgan fingerprint density at radius 3 is 2.15 bits per heavy atom. The number of hydrogen-bond donors (Lipinski definition) is 2. The lowest BCUT2D eigenvalue weighted by molar-refractivity contribution is -0.137. The van der Waals surface area contributed by atoms with Crippen LogP contribution < -0.4 is 11.3 Å². The van der Waals surface area contributed by atoms with Crippen LogP contribution in [0.5, 0.6) is 0 Å². The lowest BCUT2D eigenvalue weighted by atomic mass is 9.96. The van der Waals surface area contributed by atoms with Crippen LogP contribution in [-0.4, -0.2) is 0 Å². The first-order valence-electron chi connectivity index (χ1n) is 6.11. The zero-order valence-corrected chi connectivity index (χ0v) is 10.9. The molecule has 2 aromatic rings. The highest BCUT2D eigenvalue weighted by Gasteiger charge is 2.31. The van der Waals surface area contributed by atoms with E-state index in [1.807, 2.05) is 31.2 Å². The average molecular weight is 280 g/mol. The Kier molecular flexibility index (Phi) is 4.11. The molecule has 3 N–H and O–H groups in total. The van der Waals surface area contributed by atoms with Gasteiger partial charge in [0.2, 0.25) is 0 Å². The molecule has 0 aliphatic rings. The van der Waals surface area contributed by atoms with Gasteiger partial charge in [-0.2, -0.15) is 13.2 Å². The van der Waals surface area contributed by atoms with Gasteiger partial charge in [0.25, 0.3) is 0 Å². The van der Waals surface area contributed by atoms with Gasteiger partial charge in [-0.15, -0.1) is 0 Å². The first-order valence-corrected chi connectivity index (χ1v) is 6.11. The van der Waals surface area contributed by atoms with Crippen molar-refractivity contribution in [3.8, 4) is 0 Å². The smallest absolute Gasteiger partial charge is 0.271 e. The minimum Gasteiger partial charge on any atom is -0.271 e. The number of aryl methyl sites for hydroxylation is 1. The molecule has 2 rings (SSSR count). The van der Waals surface area contributed by atoms with E-state index in [9.17, 15) is 13.2 Å². The predicted octanol–water partition coefficient (Wildman–Crippen LogP) is 3.57. The molecule has 0 bridgehead atoms. The monoisotopic (exact) mass is 280 g/mol. The van der Waals surface area contributed by atoms with Gasteiger partial charge in [0, 0.05) is 0 Å². The van der Waals surface area contributed by atoms with Crippen LogP contribution in [0.3, 0.4) is 0 Å². The van der Waals surface area contributed by atoms with Gasteiger partial charge in [-0.25, -0.2) is 5.43 Å². The van der Waals surface area contributed by atoms with E-state index in [2.05, 4.69) is 5.43 Å². The van der Waals surface area contributed by atoms with Gasteiger partial charge < -0.3 is 0 Å². The standard InChI is InChI=1S/C15H15F3N2/c1-10-4-2-5-11(8-10)14(20-19)12-6-3-7-13(9-12)15(16,17)18/h2-9,14,20H,19H2,1H3. The van der Waals surface area contributed by atoms with Crippen molar-refractivity contribution >= 4 is 0 Å². The van der Waals surface area contributed by atoms with Crippen LogP contribution in [0.25, 0.3) is 0 Å². The van der Waals surface area contributed by atoms with Gasteiger partial charge in [-0.1, -0.05) is 42.0 Å². The summed E-state index contributed by atoms with van der Waals surface area (Å²) in [5, 5.41) is 0. The van der Waals surface area contributed by atoms with Crippen LogP contribution >= 0.6 is 0 Å². The third-order valence-corrected chi connectivity index (χ3v) is 3.09. The van der Waals surface area contributed by atoms with Gasteiger partial charge in [0.1, 0.15) is 0 Å². The molecule has 106 valence electrons. The summed E-state index contributed by atoms with van der Waals surface area (Å²) in [6, 6.07) is 12.2. The molecule has 0 fully saturated rings. The summed E-state index contributed by atoms with van der Waals surface area (Å²) in [4.78, 5) is 0. The van der Waals surface area contributed by atoms with Crippen LogP contribution in [0, 0.1) is 6.92 Å². The number of rotatable bonds is 3. The molecule has 0 heterocycles. The molecule has 1 unspecified atom stereocenters. The number of hydrogen-bond acceptors (Lipinski definition) is 2. The number of benzene rings is 2. The first kappa shape index (κ1) is 14.6. The number of alkyl halides is 3. The second kappa shape index (κ2) is 5.64. The minimum absolute atomic E-state index is 0.475. The number of halogens is 3. The third-order valence-electron chi connectivity index (χ3n) is 3.09. The maximum absolute atomic E-state index is 12.8. The Morgan fingerprint density at radius 2 is 1.60 bits per heavy atom. The molecule has 20 heavy (non-hydrogen) atoms. The van der Waals surface area contributed by atoms with Crippen LogP contribution in [0.2, 0.25) is 0 Å². The summed E-state index contributed by atoms with van der Waals surface area (Å²) in [6.45, 7) is 1.92. The van der Waals surface area contributed by atoms with E-state index in [1.54, 1.807) is 6.07 Å². The fraction of sp³-hybridized carbons (Fsp3) is 0.200. The van der Waals surface area contributed by atoms with E-state index >= 15 is 0 Å². The van der Waals surface area contributed by atoms with Gasteiger partial charge >= 0.3 is 6.18 Å². The van der Waals surface area contributed by atoms with Crippen molar-refractivity contribution in [2.75, 3.05) is 0 Å². The van der Waals surface area contributed by atoms with Crippen molar-refractivity contribution in [3.63, 3.8) is 0 Å². The molecule has 5 heteroatoms. The molecule has 0 saturated carbocycles. The van der Waals surface area contributed by atoms with Gasteiger partial charge in [-0.3, -0.25) is 5.84 Å². The second-order valence-electron chi connectivity index (χ2n) is 4.64. The first-order chi connectivity index (χ1) is 9.41. The minimum atomic E-state index is -4.36. The maximum atomic E-state index is 12.8. The van der Waals surface area contributed by atoms with Crippen LogP contribution in [-0.2, 0) is 6.18 Å². The molecule has 0 radical (unpaired) electrons. The Morgan fingerprint density at radius 1 is 1.00 bits per heavy atom. The van der Waals surface area contributed by atoms with E-state index in [4.69, 9.17) is 5.84 Å². The third kappa shape index (κ3) is 3.18. The highest BCUT2D eigenvalue weighted by atomic mass is 19.4. The van der Waals surface area contributed by atoms with Crippen LogP contribution in [0.15, 0.2) is 48.5 Å². The molecule has 0 aliphatic carbocycles. The second-order valence-corrected chi connectivity index (χ2v) is 4.64. The average Bonchev–Trinajstić information content (AvgIpc) is 2.39. The van der Waals surface area contributed by atoms with Crippen molar-refractivity contribution in [1.82, 2.24) is 5.43 Å². The van der Waals surface area contributed by atoms with Gasteiger partial charge in [-0.05, 0) is 30.2 Å². The van der Waals surface area contributed by atoms with Crippen molar-refractivity contribution in [3.05, 3.63) is 70.8 Å². The lowest BCUT2D eigenvalue weighted by Crippen LogP contribution is -2.29. The van der Waals surface area contributed by atoms with Crippen LogP contribution in [0.1, 0.15) is 28.3 Å². The number of nitrogens with one attached hydrogen (secondary N) is 1. The SMILES string of the molecule is Cc1cccc(C(NN)c2cccc(C(F)(F)F)c2)c1. The zero-order chi connectivity index (χ0) is 14.8. The number of hydrazine groups is 1. The Bertz CT molecular complexity index is 594. The van der Waals surface area contributed by atoms with Gasteiger partial charge in [0.15, 0.2) is 0 Å². The molecule has 2 aromatic carbocycles. The van der Waals surface area contributed by atoms with E-state index in [1.165, 1.54) is 6.07 Å². The highest BCUT2D eigenvalue weighted by molar-refractivity contribution is 5.36. The van der Waals surface area contributed by atoms with Crippen molar-refractivity contribution in [2.45, 2.75) is 19.1 Å². The molecule has 0 spiro atoms. The summed E-state index contributed by atoms with van der Waals surface area (Å²) in [5.74, 6) is 5.51. The molecule has 0 saturated heterocycles. The number of nitrogens with two attached hydrogens (primary N) is 1. The van der Waals surface area contributed by atoms with Crippen molar-refractivity contribution in [1.29, 1.82) is 0 Å². The molecule has 0 aliphatic heterocycles. The maximum Gasteiger partial charge on any atom is 0.416 e. The van der Waals surface area contributed by atoms with Crippen molar-refractivity contribution in [2.24, 2.45) is 5.84 Å². The van der Waals surface area contributed by atoms with Gasteiger partial charge in [0.05, 0.1) is 11.6 Å². The Hall–Kier alpha value is -1.85. The normalized spacial score (nSPS) is 13.2. The largest absolute Gasteiger partial charge is 0.416 e. The quantitative estimate of drug-likeness (QED) is 0.666. The molecular weight excluding hydrogens is 265 g/mol. The summed E-state index contributed by atoms with van der Waals surface area (Å²) >= 11 is 0. The Labute approximate surface area is 115 Å². The lowest BCUT2D eigenvalue weighted by Gasteiger charge is -2.18. The fourth-order valence-electron chi connectivity index (χ4n) is 2.13. The fourth-order valence-corrected chi connectivity index (χ4v) is 2.13. The van der Waals surface area contributed by atoms with E-state index in [0.29, 0.717) is 5.56 Å². The van der Waals surface area contributed by atoms with E-state index in [0.717, 1.165) is 23.3 Å². The van der Waals surface area contributed by atoms with E-state index < -0.39 is 17.8 Å². The highest BCUT2D eigenvalue weighted by Crippen LogP contribution is 2.32. The molecule has 0 amide bonds. The Balaban J connectivity index is 2.42. The molecule has 1 atom stereocenters. The molecule has 0 aromatic heterocycles. The summed E-state index contributed by atoms with van der Waals surface area (Å²) in [7, 11) is 0. The zero-order valence-electron chi connectivity index (χ0n) is 10.9. The predicted molar refractivity (Wildman–Crippen MR) is 71.8 cm³/mol. The van der Waals surface area contributed by atoms with Crippen molar-refractivity contribution < 1.29 is 13.2 Å². The summed E-state index contributed by atoms with van der Waals surface area (Å²) < 4.78 is 38.3.